The standard InChI is InChI=1S/C19H19N5O2/c1-26-16-7-5-14(6-8-16)12-22-18(25)17-9-11-21-19(24-17)23-13-15-4-2-3-10-20-15/h2-11H,12-13H2,1H3,(H,22,25)(H,21,23,24). The van der Waals surface area contributed by atoms with E-state index in [0.29, 0.717) is 24.7 Å². The number of carbonyl (C=O) groups excluding carboxylic acids is 1. The number of benzene rings is 1. The van der Waals surface area contributed by atoms with Crippen LogP contribution in [-0.4, -0.2) is 28.0 Å². The first-order valence-corrected chi connectivity index (χ1v) is 8.12. The first kappa shape index (κ1) is 17.3. The fourth-order valence-corrected chi connectivity index (χ4v) is 2.26. The zero-order valence-electron chi connectivity index (χ0n) is 14.3. The van der Waals surface area contributed by atoms with Crippen LogP contribution in [0.3, 0.4) is 0 Å². The van der Waals surface area contributed by atoms with Crippen molar-refractivity contribution in [3.63, 3.8) is 0 Å². The number of amides is 1. The van der Waals surface area contributed by atoms with Crippen molar-refractivity contribution < 1.29 is 9.53 Å². The van der Waals surface area contributed by atoms with Gasteiger partial charge < -0.3 is 15.4 Å². The number of hydrogen-bond acceptors (Lipinski definition) is 6. The van der Waals surface area contributed by atoms with Gasteiger partial charge in [-0.2, -0.15) is 0 Å². The highest BCUT2D eigenvalue weighted by atomic mass is 16.5. The molecule has 0 bridgehead atoms. The van der Waals surface area contributed by atoms with Crippen LogP contribution >= 0.6 is 0 Å². The van der Waals surface area contributed by atoms with Crippen LogP contribution < -0.4 is 15.4 Å². The SMILES string of the molecule is COc1ccc(CNC(=O)c2ccnc(NCc3ccccn3)n2)cc1. The smallest absolute Gasteiger partial charge is 0.270 e. The van der Waals surface area contributed by atoms with Gasteiger partial charge in [0.25, 0.3) is 5.91 Å². The second kappa shape index (κ2) is 8.57. The zero-order valence-corrected chi connectivity index (χ0v) is 14.3. The van der Waals surface area contributed by atoms with Gasteiger partial charge in [0.2, 0.25) is 5.95 Å². The summed E-state index contributed by atoms with van der Waals surface area (Å²) in [4.78, 5) is 24.9. The summed E-state index contributed by atoms with van der Waals surface area (Å²) in [5.41, 5.74) is 2.14. The van der Waals surface area contributed by atoms with Gasteiger partial charge >= 0.3 is 0 Å². The Morgan fingerprint density at radius 1 is 1.00 bits per heavy atom. The molecule has 0 saturated heterocycles. The number of nitrogens with zero attached hydrogens (tertiary/aromatic N) is 3. The third-order valence-electron chi connectivity index (χ3n) is 3.65. The lowest BCUT2D eigenvalue weighted by Crippen LogP contribution is -2.24. The Bertz CT molecular complexity index is 853. The van der Waals surface area contributed by atoms with Gasteiger partial charge in [-0.3, -0.25) is 9.78 Å². The van der Waals surface area contributed by atoms with Crippen molar-refractivity contribution in [3.05, 3.63) is 77.9 Å². The normalized spacial score (nSPS) is 10.2. The molecule has 26 heavy (non-hydrogen) atoms. The van der Waals surface area contributed by atoms with Gasteiger partial charge in [-0.25, -0.2) is 9.97 Å². The summed E-state index contributed by atoms with van der Waals surface area (Å²) in [5.74, 6) is 0.899. The average molecular weight is 349 g/mol. The molecule has 0 aliphatic heterocycles. The Morgan fingerprint density at radius 2 is 1.85 bits per heavy atom. The minimum absolute atomic E-state index is 0.260. The van der Waals surface area contributed by atoms with Crippen LogP contribution in [0.5, 0.6) is 5.75 Å². The van der Waals surface area contributed by atoms with Crippen molar-refractivity contribution in [3.8, 4) is 5.75 Å². The van der Waals surface area contributed by atoms with Crippen LogP contribution in [0.25, 0.3) is 0 Å². The number of aromatic nitrogens is 3. The number of rotatable bonds is 7. The molecular weight excluding hydrogens is 330 g/mol. The molecule has 0 aliphatic carbocycles. The van der Waals surface area contributed by atoms with Crippen molar-refractivity contribution in [1.82, 2.24) is 20.3 Å². The molecule has 2 aromatic heterocycles. The van der Waals surface area contributed by atoms with E-state index in [9.17, 15) is 4.79 Å². The van der Waals surface area contributed by atoms with E-state index >= 15 is 0 Å². The molecule has 0 aliphatic rings. The highest BCUT2D eigenvalue weighted by Gasteiger charge is 2.09. The summed E-state index contributed by atoms with van der Waals surface area (Å²) in [6.45, 7) is 0.890. The molecule has 0 radical (unpaired) electrons. The summed E-state index contributed by atoms with van der Waals surface area (Å²) in [6, 6.07) is 14.8. The second-order valence-corrected chi connectivity index (χ2v) is 5.47. The Hall–Kier alpha value is -3.48. The number of anilines is 1. The predicted octanol–water partition coefficient (Wildman–Crippen LogP) is 2.42. The van der Waals surface area contributed by atoms with Crippen LogP contribution in [0.2, 0.25) is 0 Å². The van der Waals surface area contributed by atoms with Crippen molar-refractivity contribution >= 4 is 11.9 Å². The van der Waals surface area contributed by atoms with Gasteiger partial charge in [-0.15, -0.1) is 0 Å². The summed E-state index contributed by atoms with van der Waals surface area (Å²) >= 11 is 0. The predicted molar refractivity (Wildman–Crippen MR) is 97.8 cm³/mol. The number of pyridine rings is 1. The highest BCUT2D eigenvalue weighted by Crippen LogP contribution is 2.11. The molecule has 0 atom stereocenters. The number of ether oxygens (including phenoxy) is 1. The van der Waals surface area contributed by atoms with Gasteiger partial charge in [0.15, 0.2) is 0 Å². The maximum Gasteiger partial charge on any atom is 0.270 e. The van der Waals surface area contributed by atoms with Crippen LogP contribution in [0.1, 0.15) is 21.7 Å². The number of nitrogens with one attached hydrogen (secondary N) is 2. The molecule has 0 spiro atoms. The lowest BCUT2D eigenvalue weighted by Gasteiger charge is -2.08. The van der Waals surface area contributed by atoms with E-state index < -0.39 is 0 Å². The summed E-state index contributed by atoms with van der Waals surface area (Å²) in [7, 11) is 1.62. The van der Waals surface area contributed by atoms with E-state index in [1.54, 1.807) is 25.6 Å². The molecule has 0 fully saturated rings. The van der Waals surface area contributed by atoms with Crippen molar-refractivity contribution in [2.75, 3.05) is 12.4 Å². The quantitative estimate of drug-likeness (QED) is 0.681. The Balaban J connectivity index is 1.57. The lowest BCUT2D eigenvalue weighted by molar-refractivity contribution is 0.0946. The molecule has 7 heteroatoms. The molecule has 2 N–H and O–H groups in total. The lowest BCUT2D eigenvalue weighted by atomic mass is 10.2. The van der Waals surface area contributed by atoms with E-state index in [0.717, 1.165) is 17.0 Å². The third-order valence-corrected chi connectivity index (χ3v) is 3.65. The van der Waals surface area contributed by atoms with E-state index in [2.05, 4.69) is 25.6 Å². The molecule has 3 aromatic rings. The molecule has 132 valence electrons. The molecule has 1 amide bonds. The monoisotopic (exact) mass is 349 g/mol. The van der Waals surface area contributed by atoms with E-state index in [4.69, 9.17) is 4.74 Å². The molecular formula is C19H19N5O2. The van der Waals surface area contributed by atoms with Gasteiger partial charge in [-0.1, -0.05) is 18.2 Å². The largest absolute Gasteiger partial charge is 0.497 e. The van der Waals surface area contributed by atoms with Crippen LogP contribution in [-0.2, 0) is 13.1 Å². The fraction of sp³-hybridized carbons (Fsp3) is 0.158. The molecule has 0 unspecified atom stereocenters. The van der Waals surface area contributed by atoms with Gasteiger partial charge in [0.1, 0.15) is 11.4 Å². The number of methoxy groups -OCH3 is 1. The highest BCUT2D eigenvalue weighted by molar-refractivity contribution is 5.92. The number of carbonyl (C=O) groups is 1. The summed E-state index contributed by atoms with van der Waals surface area (Å²) < 4.78 is 5.12. The first-order chi connectivity index (χ1) is 12.7. The second-order valence-electron chi connectivity index (χ2n) is 5.47. The van der Waals surface area contributed by atoms with Crippen LogP contribution in [0.15, 0.2) is 60.9 Å². The third kappa shape index (κ3) is 4.76. The maximum atomic E-state index is 12.3. The molecule has 7 nitrogen and oxygen atoms in total. The molecule has 2 heterocycles. The van der Waals surface area contributed by atoms with E-state index in [-0.39, 0.29) is 5.91 Å². The molecule has 1 aromatic carbocycles. The summed E-state index contributed by atoms with van der Waals surface area (Å²) in [5, 5.41) is 5.91. The van der Waals surface area contributed by atoms with Gasteiger partial charge in [0, 0.05) is 18.9 Å². The average Bonchev–Trinajstić information content (AvgIpc) is 2.72. The van der Waals surface area contributed by atoms with Crippen molar-refractivity contribution in [1.29, 1.82) is 0 Å². The maximum absolute atomic E-state index is 12.3. The zero-order chi connectivity index (χ0) is 18.2. The molecule has 3 rings (SSSR count). The topological polar surface area (TPSA) is 89.0 Å². The summed E-state index contributed by atoms with van der Waals surface area (Å²) in [6.07, 6.45) is 3.27. The minimum Gasteiger partial charge on any atom is -0.497 e. The fourth-order valence-electron chi connectivity index (χ4n) is 2.26. The van der Waals surface area contributed by atoms with E-state index in [1.807, 2.05) is 42.5 Å². The van der Waals surface area contributed by atoms with Crippen LogP contribution in [0.4, 0.5) is 5.95 Å². The number of hydrogen-bond donors (Lipinski definition) is 2. The first-order valence-electron chi connectivity index (χ1n) is 8.12. The van der Waals surface area contributed by atoms with Gasteiger partial charge in [0.05, 0.1) is 19.3 Å². The molecule has 0 saturated carbocycles. The van der Waals surface area contributed by atoms with Crippen LogP contribution in [0, 0.1) is 0 Å². The van der Waals surface area contributed by atoms with Crippen molar-refractivity contribution in [2.45, 2.75) is 13.1 Å². The van der Waals surface area contributed by atoms with E-state index in [1.165, 1.54) is 0 Å². The Kier molecular flexibility index (Phi) is 5.72. The van der Waals surface area contributed by atoms with Gasteiger partial charge in [-0.05, 0) is 35.9 Å². The Labute approximate surface area is 151 Å². The van der Waals surface area contributed by atoms with Crippen molar-refractivity contribution in [2.24, 2.45) is 0 Å². The minimum atomic E-state index is -0.260. The Morgan fingerprint density at radius 3 is 2.58 bits per heavy atom.